The van der Waals surface area contributed by atoms with E-state index in [9.17, 15) is 0 Å². The molecule has 0 spiro atoms. The van der Waals surface area contributed by atoms with E-state index >= 15 is 0 Å². The highest BCUT2D eigenvalue weighted by atomic mass is 14.8. The van der Waals surface area contributed by atoms with Gasteiger partial charge in [-0.1, -0.05) is 6.58 Å². The molecule has 0 aliphatic rings. The summed E-state index contributed by atoms with van der Waals surface area (Å²) in [5, 5.41) is 0. The van der Waals surface area contributed by atoms with Crippen molar-refractivity contribution in [3.05, 3.63) is 24.5 Å². The van der Waals surface area contributed by atoms with Crippen molar-refractivity contribution < 1.29 is 0 Å². The fourth-order valence-electron chi connectivity index (χ4n) is 0.668. The molecule has 0 atom stereocenters. The standard InChI is InChI=1S/C7H9N3/c1-2-6-7(9)5(8)3-4-10-6/h2-4H,1,9H2,(H2,8,10). The van der Waals surface area contributed by atoms with E-state index in [1.54, 1.807) is 18.3 Å². The van der Waals surface area contributed by atoms with Crippen LogP contribution in [0.15, 0.2) is 18.8 Å². The summed E-state index contributed by atoms with van der Waals surface area (Å²) in [4.78, 5) is 3.93. The van der Waals surface area contributed by atoms with Gasteiger partial charge in [0.2, 0.25) is 0 Å². The zero-order chi connectivity index (χ0) is 7.56. The zero-order valence-electron chi connectivity index (χ0n) is 5.54. The maximum absolute atomic E-state index is 5.53. The predicted molar refractivity (Wildman–Crippen MR) is 43.2 cm³/mol. The van der Waals surface area contributed by atoms with Gasteiger partial charge in [-0.05, 0) is 12.1 Å². The van der Waals surface area contributed by atoms with E-state index in [0.29, 0.717) is 17.1 Å². The van der Waals surface area contributed by atoms with E-state index in [2.05, 4.69) is 11.6 Å². The van der Waals surface area contributed by atoms with Gasteiger partial charge in [-0.3, -0.25) is 4.98 Å². The quantitative estimate of drug-likeness (QED) is 0.601. The first-order valence-electron chi connectivity index (χ1n) is 2.88. The second-order valence-corrected chi connectivity index (χ2v) is 1.90. The average molecular weight is 135 g/mol. The Balaban J connectivity index is 3.27. The van der Waals surface area contributed by atoms with Crippen LogP contribution in [-0.4, -0.2) is 4.98 Å². The summed E-state index contributed by atoms with van der Waals surface area (Å²) < 4.78 is 0. The molecule has 4 N–H and O–H groups in total. The van der Waals surface area contributed by atoms with E-state index in [1.165, 1.54) is 0 Å². The minimum atomic E-state index is 0.498. The van der Waals surface area contributed by atoms with E-state index in [-0.39, 0.29) is 0 Å². The molecule has 0 aliphatic carbocycles. The van der Waals surface area contributed by atoms with Gasteiger partial charge in [0.25, 0.3) is 0 Å². The Kier molecular flexibility index (Phi) is 1.58. The lowest BCUT2D eigenvalue weighted by atomic mass is 10.2. The molecule has 10 heavy (non-hydrogen) atoms. The number of hydrogen-bond acceptors (Lipinski definition) is 3. The smallest absolute Gasteiger partial charge is 0.0874 e. The summed E-state index contributed by atoms with van der Waals surface area (Å²) in [5.41, 5.74) is 12.7. The summed E-state index contributed by atoms with van der Waals surface area (Å²) >= 11 is 0. The fraction of sp³-hybridized carbons (Fsp3) is 0. The first kappa shape index (κ1) is 6.61. The molecular formula is C7H9N3. The topological polar surface area (TPSA) is 64.9 Å². The molecule has 1 aromatic heterocycles. The number of rotatable bonds is 1. The van der Waals surface area contributed by atoms with Crippen molar-refractivity contribution in [1.82, 2.24) is 4.98 Å². The van der Waals surface area contributed by atoms with Gasteiger partial charge in [-0.2, -0.15) is 0 Å². The van der Waals surface area contributed by atoms with Crippen molar-refractivity contribution in [1.29, 1.82) is 0 Å². The van der Waals surface area contributed by atoms with Crippen LogP contribution in [0.2, 0.25) is 0 Å². The van der Waals surface area contributed by atoms with Crippen molar-refractivity contribution in [2.24, 2.45) is 0 Å². The highest BCUT2D eigenvalue weighted by Gasteiger charge is 1.97. The Bertz CT molecular complexity index is 255. The molecule has 1 aromatic rings. The largest absolute Gasteiger partial charge is 0.397 e. The van der Waals surface area contributed by atoms with Crippen LogP contribution in [0.25, 0.3) is 6.08 Å². The molecule has 0 unspecified atom stereocenters. The maximum Gasteiger partial charge on any atom is 0.0874 e. The molecule has 3 heteroatoms. The summed E-state index contributed by atoms with van der Waals surface area (Å²) in [6, 6.07) is 1.66. The molecule has 0 radical (unpaired) electrons. The van der Waals surface area contributed by atoms with Crippen LogP contribution in [0.5, 0.6) is 0 Å². The normalized spacial score (nSPS) is 9.20. The van der Waals surface area contributed by atoms with E-state index in [0.717, 1.165) is 0 Å². The Hall–Kier alpha value is -1.51. The van der Waals surface area contributed by atoms with Gasteiger partial charge in [0.1, 0.15) is 0 Å². The molecule has 0 saturated heterocycles. The third kappa shape index (κ3) is 0.932. The first-order chi connectivity index (χ1) is 4.75. The van der Waals surface area contributed by atoms with Crippen LogP contribution >= 0.6 is 0 Å². The summed E-state index contributed by atoms with van der Waals surface area (Å²) in [7, 11) is 0. The summed E-state index contributed by atoms with van der Waals surface area (Å²) in [6.45, 7) is 3.53. The van der Waals surface area contributed by atoms with Crippen molar-refractivity contribution >= 4 is 17.5 Å². The highest BCUT2D eigenvalue weighted by Crippen LogP contribution is 2.16. The molecule has 0 aromatic carbocycles. The SMILES string of the molecule is C=Cc1nccc(N)c1N. The number of hydrogen-bond donors (Lipinski definition) is 2. The molecule has 0 aliphatic heterocycles. The zero-order valence-corrected chi connectivity index (χ0v) is 5.54. The number of aromatic nitrogens is 1. The Morgan fingerprint density at radius 1 is 1.50 bits per heavy atom. The van der Waals surface area contributed by atoms with Crippen LogP contribution in [0.4, 0.5) is 11.4 Å². The molecule has 0 fully saturated rings. The van der Waals surface area contributed by atoms with Crippen molar-refractivity contribution in [2.45, 2.75) is 0 Å². The number of pyridine rings is 1. The molecule has 1 rings (SSSR count). The minimum absolute atomic E-state index is 0.498. The molecular weight excluding hydrogens is 126 g/mol. The Labute approximate surface area is 59.4 Å². The maximum atomic E-state index is 5.53. The molecule has 3 nitrogen and oxygen atoms in total. The first-order valence-corrected chi connectivity index (χ1v) is 2.88. The van der Waals surface area contributed by atoms with Gasteiger partial charge in [0.15, 0.2) is 0 Å². The van der Waals surface area contributed by atoms with Gasteiger partial charge in [0.05, 0.1) is 17.1 Å². The third-order valence-electron chi connectivity index (χ3n) is 1.25. The van der Waals surface area contributed by atoms with Crippen LogP contribution in [0, 0.1) is 0 Å². The molecule has 0 bridgehead atoms. The van der Waals surface area contributed by atoms with Crippen LogP contribution < -0.4 is 11.5 Å². The van der Waals surface area contributed by atoms with Crippen molar-refractivity contribution in [3.63, 3.8) is 0 Å². The predicted octanol–water partition coefficient (Wildman–Crippen LogP) is 0.889. The molecule has 1 heterocycles. The molecule has 52 valence electrons. The lowest BCUT2D eigenvalue weighted by molar-refractivity contribution is 1.30. The van der Waals surface area contributed by atoms with Gasteiger partial charge in [-0.25, -0.2) is 0 Å². The third-order valence-corrected chi connectivity index (χ3v) is 1.25. The fourth-order valence-corrected chi connectivity index (χ4v) is 0.668. The Morgan fingerprint density at radius 2 is 2.20 bits per heavy atom. The van der Waals surface area contributed by atoms with E-state index < -0.39 is 0 Å². The minimum Gasteiger partial charge on any atom is -0.397 e. The number of nitrogen functional groups attached to an aromatic ring is 2. The van der Waals surface area contributed by atoms with Crippen molar-refractivity contribution in [2.75, 3.05) is 11.5 Å². The van der Waals surface area contributed by atoms with Gasteiger partial charge in [0, 0.05) is 6.20 Å². The monoisotopic (exact) mass is 135 g/mol. The lowest BCUT2D eigenvalue weighted by Gasteiger charge is -2.00. The summed E-state index contributed by atoms with van der Waals surface area (Å²) in [6.07, 6.45) is 3.18. The number of anilines is 2. The van der Waals surface area contributed by atoms with E-state index in [4.69, 9.17) is 11.5 Å². The van der Waals surface area contributed by atoms with Gasteiger partial charge >= 0.3 is 0 Å². The average Bonchev–Trinajstić information content (AvgIpc) is 1.95. The van der Waals surface area contributed by atoms with Crippen LogP contribution in [0.3, 0.4) is 0 Å². The lowest BCUT2D eigenvalue weighted by Crippen LogP contribution is -1.98. The Morgan fingerprint density at radius 3 is 2.70 bits per heavy atom. The van der Waals surface area contributed by atoms with Gasteiger partial charge in [-0.15, -0.1) is 0 Å². The van der Waals surface area contributed by atoms with Gasteiger partial charge < -0.3 is 11.5 Å². The molecule has 0 saturated carbocycles. The summed E-state index contributed by atoms with van der Waals surface area (Å²) in [5.74, 6) is 0. The van der Waals surface area contributed by atoms with E-state index in [1.807, 2.05) is 0 Å². The second kappa shape index (κ2) is 2.39. The second-order valence-electron chi connectivity index (χ2n) is 1.90. The van der Waals surface area contributed by atoms with Crippen LogP contribution in [-0.2, 0) is 0 Å². The van der Waals surface area contributed by atoms with Crippen molar-refractivity contribution in [3.8, 4) is 0 Å². The number of nitrogens with two attached hydrogens (primary N) is 2. The number of nitrogens with zero attached hydrogens (tertiary/aromatic N) is 1. The highest BCUT2D eigenvalue weighted by molar-refractivity contribution is 5.72. The van der Waals surface area contributed by atoms with Crippen LogP contribution in [0.1, 0.15) is 5.69 Å². The molecule has 0 amide bonds.